The fourth-order valence-electron chi connectivity index (χ4n) is 6.20. The molecule has 0 saturated carbocycles. The first kappa shape index (κ1) is 53.8. The summed E-state index contributed by atoms with van der Waals surface area (Å²) in [5.41, 5.74) is 0. The van der Waals surface area contributed by atoms with Gasteiger partial charge in [-0.15, -0.1) is 0 Å². The van der Waals surface area contributed by atoms with Gasteiger partial charge in [-0.25, -0.2) is 0 Å². The summed E-state index contributed by atoms with van der Waals surface area (Å²) in [6, 6.07) is -0.738. The van der Waals surface area contributed by atoms with Gasteiger partial charge in [0.15, 0.2) is 6.10 Å². The van der Waals surface area contributed by atoms with Crippen LogP contribution in [0.4, 0.5) is 0 Å². The van der Waals surface area contributed by atoms with Gasteiger partial charge in [-0.1, -0.05) is 164 Å². The van der Waals surface area contributed by atoms with Crippen molar-refractivity contribution in [3.05, 3.63) is 72.9 Å². The zero-order chi connectivity index (χ0) is 42.1. The molecule has 2 unspecified atom stereocenters. The van der Waals surface area contributed by atoms with Crippen molar-refractivity contribution < 1.29 is 38.2 Å². The number of hydrogen-bond donors (Lipinski definition) is 0. The van der Waals surface area contributed by atoms with Crippen molar-refractivity contribution in [2.45, 2.75) is 180 Å². The van der Waals surface area contributed by atoms with Crippen LogP contribution in [0.25, 0.3) is 0 Å². The van der Waals surface area contributed by atoms with Gasteiger partial charge >= 0.3 is 11.9 Å². The number of aliphatic carboxylic acids is 1. The molecule has 8 nitrogen and oxygen atoms in total. The number of ether oxygens (including phenoxy) is 3. The summed E-state index contributed by atoms with van der Waals surface area (Å²) in [5, 5.41) is 11.6. The zero-order valence-electron chi connectivity index (χ0n) is 37.0. The molecule has 0 saturated heterocycles. The Hall–Kier alpha value is -3.23. The normalized spacial score (nSPS) is 13.6. The van der Waals surface area contributed by atoms with E-state index in [1.165, 1.54) is 70.6 Å². The van der Waals surface area contributed by atoms with Crippen LogP contribution < -0.4 is 5.11 Å². The minimum absolute atomic E-state index is 0.0171. The molecule has 0 aliphatic carbocycles. The minimum Gasteiger partial charge on any atom is -0.544 e. The van der Waals surface area contributed by atoms with E-state index in [1.807, 2.05) is 48.6 Å². The first-order chi connectivity index (χ1) is 27.6. The molecule has 0 aromatic heterocycles. The van der Waals surface area contributed by atoms with Crippen molar-refractivity contribution in [1.29, 1.82) is 0 Å². The fourth-order valence-corrected chi connectivity index (χ4v) is 6.20. The first-order valence-corrected chi connectivity index (χ1v) is 22.5. The highest BCUT2D eigenvalue weighted by atomic mass is 16.6. The van der Waals surface area contributed by atoms with Gasteiger partial charge in [-0.05, 0) is 57.8 Å². The van der Waals surface area contributed by atoms with E-state index in [0.29, 0.717) is 12.8 Å². The maximum atomic E-state index is 12.7. The summed E-state index contributed by atoms with van der Waals surface area (Å²) in [5.74, 6) is -1.81. The number of carboxylic acids is 1. The molecular weight excluding hydrogens is 715 g/mol. The van der Waals surface area contributed by atoms with Crippen molar-refractivity contribution in [3.63, 3.8) is 0 Å². The molecule has 326 valence electrons. The molecule has 0 amide bonds. The molecule has 0 aliphatic heterocycles. The smallest absolute Gasteiger partial charge is 0.306 e. The van der Waals surface area contributed by atoms with E-state index < -0.39 is 18.1 Å². The predicted molar refractivity (Wildman–Crippen MR) is 235 cm³/mol. The molecule has 2 atom stereocenters. The molecule has 57 heavy (non-hydrogen) atoms. The van der Waals surface area contributed by atoms with Crippen molar-refractivity contribution in [2.24, 2.45) is 0 Å². The summed E-state index contributed by atoms with van der Waals surface area (Å²) < 4.78 is 17.1. The molecule has 0 fully saturated rings. The van der Waals surface area contributed by atoms with E-state index >= 15 is 0 Å². The lowest BCUT2D eigenvalue weighted by Crippen LogP contribution is -2.55. The van der Waals surface area contributed by atoms with Crippen molar-refractivity contribution >= 4 is 17.9 Å². The summed E-state index contributed by atoms with van der Waals surface area (Å²) in [4.78, 5) is 36.9. The molecular formula is C49H83NO7. The standard InChI is InChI=1S/C49H83NO7/c1-6-8-10-12-14-16-18-20-22-23-24-26-27-29-31-33-35-37-39-47(51)56-44-45(43-55-42-41-46(49(53)54)50(3,4)5)57-48(52)40-38-36-34-32-30-28-25-21-19-17-15-13-11-9-7-2/h9,11,13,15,17,19,21,24-26,28,30,45-46H,6-8,10,12,14,16,18,20,22-23,27,29,31-44H2,1-5H3/b11-9+,15-13+,19-17+,25-21+,26-24+,30-28+. The van der Waals surface area contributed by atoms with E-state index in [-0.39, 0.29) is 49.1 Å². The Morgan fingerprint density at radius 3 is 1.53 bits per heavy atom. The second kappa shape index (κ2) is 39.6. The quantitative estimate of drug-likeness (QED) is 0.0201. The van der Waals surface area contributed by atoms with Gasteiger partial charge in [-0.2, -0.15) is 0 Å². The SMILES string of the molecule is CC/C=C/C=C/C=C/C=C/C=C/CCCCCC(=O)OC(COCCC(C(=O)[O-])[N+](C)(C)C)COC(=O)CCCCCCC/C=C/CCCCCCCCCCC. The number of carbonyl (C=O) groups is 3. The van der Waals surface area contributed by atoms with Gasteiger partial charge < -0.3 is 28.6 Å². The van der Waals surface area contributed by atoms with Gasteiger partial charge in [0.05, 0.1) is 40.3 Å². The Morgan fingerprint density at radius 1 is 0.544 bits per heavy atom. The third kappa shape index (κ3) is 38.1. The molecule has 0 aromatic carbocycles. The Bertz CT molecular complexity index is 1160. The highest BCUT2D eigenvalue weighted by molar-refractivity contribution is 5.70. The second-order valence-corrected chi connectivity index (χ2v) is 16.0. The Balaban J connectivity index is 4.41. The summed E-state index contributed by atoms with van der Waals surface area (Å²) in [6.45, 7) is 4.45. The molecule has 0 aliphatic rings. The van der Waals surface area contributed by atoms with Crippen molar-refractivity contribution in [2.75, 3.05) is 41.0 Å². The van der Waals surface area contributed by atoms with Crippen LogP contribution in [0.3, 0.4) is 0 Å². The maximum absolute atomic E-state index is 12.7. The molecule has 0 spiro atoms. The van der Waals surface area contributed by atoms with E-state index in [9.17, 15) is 19.5 Å². The van der Waals surface area contributed by atoms with E-state index in [1.54, 1.807) is 21.1 Å². The first-order valence-electron chi connectivity index (χ1n) is 22.5. The van der Waals surface area contributed by atoms with Crippen LogP contribution in [-0.2, 0) is 28.6 Å². The van der Waals surface area contributed by atoms with Crippen LogP contribution in [0.1, 0.15) is 168 Å². The van der Waals surface area contributed by atoms with E-state index in [4.69, 9.17) is 14.2 Å². The van der Waals surface area contributed by atoms with Crippen LogP contribution in [0.2, 0.25) is 0 Å². The highest BCUT2D eigenvalue weighted by Gasteiger charge is 2.25. The van der Waals surface area contributed by atoms with Crippen LogP contribution in [0.5, 0.6) is 0 Å². The number of allylic oxidation sites excluding steroid dienone is 12. The summed E-state index contributed by atoms with van der Waals surface area (Å²) in [6.07, 6.45) is 49.3. The number of rotatable bonds is 39. The molecule has 0 heterocycles. The average molecular weight is 798 g/mol. The number of carbonyl (C=O) groups excluding carboxylic acids is 3. The Morgan fingerprint density at radius 2 is 1.00 bits per heavy atom. The molecule has 8 heteroatoms. The monoisotopic (exact) mass is 798 g/mol. The topological polar surface area (TPSA) is 102 Å². The Kier molecular flexibility index (Phi) is 37.3. The Labute approximate surface area is 349 Å². The molecule has 0 rings (SSSR count). The van der Waals surface area contributed by atoms with Gasteiger partial charge in [0.1, 0.15) is 12.6 Å². The lowest BCUT2D eigenvalue weighted by Gasteiger charge is -2.34. The third-order valence-corrected chi connectivity index (χ3v) is 9.70. The van der Waals surface area contributed by atoms with E-state index in [0.717, 1.165) is 57.8 Å². The van der Waals surface area contributed by atoms with Gasteiger partial charge in [0.25, 0.3) is 0 Å². The lowest BCUT2D eigenvalue weighted by molar-refractivity contribution is -0.889. The molecule has 0 N–H and O–H groups in total. The van der Waals surface area contributed by atoms with Crippen LogP contribution in [0.15, 0.2) is 72.9 Å². The van der Waals surface area contributed by atoms with Gasteiger partial charge in [0, 0.05) is 19.3 Å². The second-order valence-electron chi connectivity index (χ2n) is 16.0. The number of nitrogens with zero attached hydrogens (tertiary/aromatic N) is 1. The largest absolute Gasteiger partial charge is 0.544 e. The molecule has 0 bridgehead atoms. The van der Waals surface area contributed by atoms with Crippen LogP contribution >= 0.6 is 0 Å². The molecule has 0 aromatic rings. The number of carboxylic acid groups (broad SMARTS) is 1. The van der Waals surface area contributed by atoms with Crippen LogP contribution in [-0.4, -0.2) is 75.5 Å². The number of unbranched alkanes of at least 4 members (excludes halogenated alkanes) is 17. The summed E-state index contributed by atoms with van der Waals surface area (Å²) in [7, 11) is 5.38. The number of quaternary nitrogens is 1. The number of hydrogen-bond acceptors (Lipinski definition) is 7. The fraction of sp³-hybridized carbons (Fsp3) is 0.694. The number of esters is 2. The minimum atomic E-state index is -1.14. The van der Waals surface area contributed by atoms with Gasteiger partial charge in [0.2, 0.25) is 0 Å². The highest BCUT2D eigenvalue weighted by Crippen LogP contribution is 2.13. The number of likely N-dealkylation sites (N-methyl/N-ethyl adjacent to an activating group) is 1. The third-order valence-electron chi connectivity index (χ3n) is 9.70. The van der Waals surface area contributed by atoms with E-state index in [2.05, 4.69) is 38.2 Å². The average Bonchev–Trinajstić information content (AvgIpc) is 3.17. The maximum Gasteiger partial charge on any atom is 0.306 e. The zero-order valence-corrected chi connectivity index (χ0v) is 37.0. The van der Waals surface area contributed by atoms with Crippen molar-refractivity contribution in [3.8, 4) is 0 Å². The lowest BCUT2D eigenvalue weighted by atomic mass is 10.1. The molecule has 0 radical (unpaired) electrons. The van der Waals surface area contributed by atoms with Crippen molar-refractivity contribution in [1.82, 2.24) is 0 Å². The van der Waals surface area contributed by atoms with Gasteiger partial charge in [-0.3, -0.25) is 9.59 Å². The predicted octanol–water partition coefficient (Wildman–Crippen LogP) is 11.0. The van der Waals surface area contributed by atoms with Crippen LogP contribution in [0, 0.1) is 0 Å². The summed E-state index contributed by atoms with van der Waals surface area (Å²) >= 11 is 0.